The summed E-state index contributed by atoms with van der Waals surface area (Å²) in [4.78, 5) is 13.4. The highest BCUT2D eigenvalue weighted by molar-refractivity contribution is 5.76. The van der Waals surface area contributed by atoms with Crippen LogP contribution in [0.4, 0.5) is 0 Å². The number of nitrogens with zero attached hydrogens (tertiary/aromatic N) is 1. The van der Waals surface area contributed by atoms with Crippen LogP contribution < -0.4 is 5.32 Å². The third-order valence-corrected chi connectivity index (χ3v) is 4.18. The van der Waals surface area contributed by atoms with Gasteiger partial charge in [-0.1, -0.05) is 12.8 Å². The highest BCUT2D eigenvalue weighted by Gasteiger charge is 2.47. The van der Waals surface area contributed by atoms with E-state index in [1.165, 1.54) is 7.05 Å². The van der Waals surface area contributed by atoms with Crippen LogP contribution in [-0.4, -0.2) is 82.3 Å². The van der Waals surface area contributed by atoms with Crippen molar-refractivity contribution >= 4 is 5.91 Å². The number of likely N-dealkylation sites (tertiary alicyclic amines) is 1. The van der Waals surface area contributed by atoms with E-state index in [1.54, 1.807) is 0 Å². The number of unbranched alkanes of at least 4 members (excludes halogenated alkanes) is 3. The average Bonchev–Trinajstić information content (AvgIpc) is 2.71. The molecule has 1 rings (SSSR count). The lowest BCUT2D eigenvalue weighted by Crippen LogP contribution is -2.43. The SMILES string of the molecule is CNC(=O)C[C@@H]1[C@H](O)[C@H](O)[C@@H](CO)N1CCCCCCO. The van der Waals surface area contributed by atoms with Crippen LogP contribution in [0.25, 0.3) is 0 Å². The average molecular weight is 304 g/mol. The van der Waals surface area contributed by atoms with Crippen LogP contribution in [0.15, 0.2) is 0 Å². The standard InChI is InChI=1S/C14H28N2O5/c1-15-12(19)8-10-13(20)14(21)11(9-18)16(10)6-4-2-3-5-7-17/h10-11,13-14,17-18,20-21H,2-9H2,1H3,(H,15,19)/t10-,11-,13+,14-/m1/s1. The molecule has 1 amide bonds. The van der Waals surface area contributed by atoms with Gasteiger partial charge in [0.2, 0.25) is 5.91 Å². The first-order valence-electron chi connectivity index (χ1n) is 7.61. The largest absolute Gasteiger partial charge is 0.396 e. The third-order valence-electron chi connectivity index (χ3n) is 4.18. The summed E-state index contributed by atoms with van der Waals surface area (Å²) in [6.07, 6.45) is 1.46. The van der Waals surface area contributed by atoms with Crippen molar-refractivity contribution in [1.29, 1.82) is 0 Å². The van der Waals surface area contributed by atoms with Crippen LogP contribution in [-0.2, 0) is 4.79 Å². The molecule has 0 radical (unpaired) electrons. The van der Waals surface area contributed by atoms with Crippen molar-refractivity contribution in [1.82, 2.24) is 10.2 Å². The van der Waals surface area contributed by atoms with E-state index in [0.717, 1.165) is 25.7 Å². The van der Waals surface area contributed by atoms with Gasteiger partial charge in [-0.2, -0.15) is 0 Å². The Balaban J connectivity index is 2.60. The van der Waals surface area contributed by atoms with Gasteiger partial charge in [0.1, 0.15) is 0 Å². The highest BCUT2D eigenvalue weighted by Crippen LogP contribution is 2.28. The molecule has 1 fully saturated rings. The third kappa shape index (κ3) is 4.89. The minimum absolute atomic E-state index is 0.0991. The zero-order chi connectivity index (χ0) is 15.8. The number of aliphatic hydroxyl groups is 4. The van der Waals surface area contributed by atoms with Gasteiger partial charge in [-0.15, -0.1) is 0 Å². The number of hydrogen-bond acceptors (Lipinski definition) is 6. The Bertz CT molecular complexity index is 316. The fraction of sp³-hybridized carbons (Fsp3) is 0.929. The number of rotatable bonds is 9. The lowest BCUT2D eigenvalue weighted by Gasteiger charge is -2.29. The maximum atomic E-state index is 11.6. The topological polar surface area (TPSA) is 113 Å². The molecule has 1 heterocycles. The van der Waals surface area contributed by atoms with Gasteiger partial charge >= 0.3 is 0 Å². The molecule has 0 saturated carbocycles. The van der Waals surface area contributed by atoms with Gasteiger partial charge in [-0.05, 0) is 19.4 Å². The number of carbonyl (C=O) groups is 1. The van der Waals surface area contributed by atoms with Crippen molar-refractivity contribution in [2.75, 3.05) is 26.8 Å². The normalized spacial score (nSPS) is 29.8. The van der Waals surface area contributed by atoms with Crippen molar-refractivity contribution in [3.63, 3.8) is 0 Å². The van der Waals surface area contributed by atoms with Crippen molar-refractivity contribution in [3.8, 4) is 0 Å². The van der Waals surface area contributed by atoms with Crippen molar-refractivity contribution in [2.45, 2.75) is 56.4 Å². The second-order valence-electron chi connectivity index (χ2n) is 5.55. The van der Waals surface area contributed by atoms with Gasteiger partial charge in [0, 0.05) is 26.1 Å². The van der Waals surface area contributed by atoms with Crippen molar-refractivity contribution in [2.24, 2.45) is 0 Å². The van der Waals surface area contributed by atoms with E-state index in [1.807, 2.05) is 4.90 Å². The molecule has 0 unspecified atom stereocenters. The fourth-order valence-electron chi connectivity index (χ4n) is 2.93. The van der Waals surface area contributed by atoms with Crippen LogP contribution in [0.5, 0.6) is 0 Å². The summed E-state index contributed by atoms with van der Waals surface area (Å²) in [5.41, 5.74) is 0. The van der Waals surface area contributed by atoms with Crippen LogP contribution in [0, 0.1) is 0 Å². The molecule has 0 spiro atoms. The molecule has 7 nitrogen and oxygen atoms in total. The summed E-state index contributed by atoms with van der Waals surface area (Å²) in [7, 11) is 1.53. The molecule has 1 aliphatic rings. The Morgan fingerprint density at radius 1 is 1.05 bits per heavy atom. The molecular formula is C14H28N2O5. The van der Waals surface area contributed by atoms with Gasteiger partial charge in [0.05, 0.1) is 24.9 Å². The molecule has 5 N–H and O–H groups in total. The fourth-order valence-corrected chi connectivity index (χ4v) is 2.93. The van der Waals surface area contributed by atoms with E-state index in [4.69, 9.17) is 5.11 Å². The Morgan fingerprint density at radius 3 is 2.24 bits per heavy atom. The van der Waals surface area contributed by atoms with E-state index >= 15 is 0 Å². The van der Waals surface area contributed by atoms with E-state index < -0.39 is 24.3 Å². The summed E-state index contributed by atoms with van der Waals surface area (Å²) < 4.78 is 0. The summed E-state index contributed by atoms with van der Waals surface area (Å²) in [5, 5.41) is 40.8. The summed E-state index contributed by atoms with van der Waals surface area (Å²) >= 11 is 0. The van der Waals surface area contributed by atoms with Crippen LogP contribution in [0.3, 0.4) is 0 Å². The first kappa shape index (κ1) is 18.3. The van der Waals surface area contributed by atoms with E-state index in [-0.39, 0.29) is 25.5 Å². The highest BCUT2D eigenvalue weighted by atomic mass is 16.3. The first-order chi connectivity index (χ1) is 10.1. The minimum atomic E-state index is -1.04. The van der Waals surface area contributed by atoms with Gasteiger partial charge in [0.25, 0.3) is 0 Å². The Morgan fingerprint density at radius 2 is 1.67 bits per heavy atom. The maximum absolute atomic E-state index is 11.6. The molecule has 0 aromatic heterocycles. The maximum Gasteiger partial charge on any atom is 0.221 e. The molecule has 0 aromatic carbocycles. The van der Waals surface area contributed by atoms with Gasteiger partial charge in [-0.25, -0.2) is 0 Å². The summed E-state index contributed by atoms with van der Waals surface area (Å²) in [5.74, 6) is -0.199. The molecule has 4 atom stereocenters. The molecule has 0 aromatic rings. The Hall–Kier alpha value is -0.730. The second-order valence-corrected chi connectivity index (χ2v) is 5.55. The molecule has 1 saturated heterocycles. The molecule has 0 aliphatic carbocycles. The zero-order valence-corrected chi connectivity index (χ0v) is 12.6. The van der Waals surface area contributed by atoms with Gasteiger partial charge < -0.3 is 25.7 Å². The molecule has 7 heteroatoms. The predicted molar refractivity (Wildman–Crippen MR) is 77.6 cm³/mol. The van der Waals surface area contributed by atoms with Crippen LogP contribution in [0.1, 0.15) is 32.1 Å². The number of amides is 1. The predicted octanol–water partition coefficient (Wildman–Crippen LogP) is -1.56. The molecular weight excluding hydrogens is 276 g/mol. The smallest absolute Gasteiger partial charge is 0.221 e. The quantitative estimate of drug-likeness (QED) is 0.329. The second kappa shape index (κ2) is 9.32. The lowest BCUT2D eigenvalue weighted by atomic mass is 10.1. The van der Waals surface area contributed by atoms with Gasteiger partial charge in [-0.3, -0.25) is 9.69 Å². The van der Waals surface area contributed by atoms with Gasteiger partial charge in [0.15, 0.2) is 0 Å². The number of carbonyl (C=O) groups excluding carboxylic acids is 1. The van der Waals surface area contributed by atoms with E-state index in [9.17, 15) is 20.1 Å². The summed E-state index contributed by atoms with van der Waals surface area (Å²) in [6, 6.07) is -1.01. The number of aliphatic hydroxyl groups excluding tert-OH is 4. The van der Waals surface area contributed by atoms with Crippen molar-refractivity contribution < 1.29 is 25.2 Å². The Labute approximate surface area is 125 Å². The minimum Gasteiger partial charge on any atom is -0.396 e. The molecule has 0 bridgehead atoms. The zero-order valence-electron chi connectivity index (χ0n) is 12.6. The molecule has 124 valence electrons. The molecule has 1 aliphatic heterocycles. The summed E-state index contributed by atoms with van der Waals surface area (Å²) in [6.45, 7) is 0.533. The van der Waals surface area contributed by atoms with E-state index in [2.05, 4.69) is 5.32 Å². The monoisotopic (exact) mass is 304 g/mol. The lowest BCUT2D eigenvalue weighted by molar-refractivity contribution is -0.122. The number of nitrogens with one attached hydrogen (secondary N) is 1. The number of hydrogen-bond donors (Lipinski definition) is 5. The molecule has 21 heavy (non-hydrogen) atoms. The Kier molecular flexibility index (Phi) is 8.13. The van der Waals surface area contributed by atoms with Crippen LogP contribution >= 0.6 is 0 Å². The van der Waals surface area contributed by atoms with Crippen LogP contribution in [0.2, 0.25) is 0 Å². The van der Waals surface area contributed by atoms with Crippen molar-refractivity contribution in [3.05, 3.63) is 0 Å². The first-order valence-corrected chi connectivity index (χ1v) is 7.61. The van der Waals surface area contributed by atoms with E-state index in [0.29, 0.717) is 6.54 Å².